The minimum atomic E-state index is 0.0153. The van der Waals surface area contributed by atoms with E-state index >= 15 is 0 Å². The molecule has 1 N–H and O–H groups in total. The van der Waals surface area contributed by atoms with Gasteiger partial charge in [-0.05, 0) is 0 Å². The van der Waals surface area contributed by atoms with Crippen LogP contribution in [-0.4, -0.2) is 37.0 Å². The van der Waals surface area contributed by atoms with Gasteiger partial charge in [0, 0.05) is 13.1 Å². The number of nitriles is 1. The van der Waals surface area contributed by atoms with Crippen LogP contribution in [0.5, 0.6) is 0 Å². The Hall–Kier alpha value is -1.08. The Morgan fingerprint density at radius 3 is 3.20 bits per heavy atom. The van der Waals surface area contributed by atoms with Crippen molar-refractivity contribution in [1.29, 1.82) is 5.26 Å². The molecule has 54 valence electrons. The third-order valence-corrected chi connectivity index (χ3v) is 1.41. The minimum absolute atomic E-state index is 0.0153. The fourth-order valence-electron chi connectivity index (χ4n) is 0.926. The van der Waals surface area contributed by atoms with E-state index in [1.165, 1.54) is 0 Å². The number of amides is 1. The molecule has 1 fully saturated rings. The summed E-state index contributed by atoms with van der Waals surface area (Å²) in [5.41, 5.74) is 0. The van der Waals surface area contributed by atoms with Crippen LogP contribution in [0.3, 0.4) is 0 Å². The molecule has 0 spiro atoms. The summed E-state index contributed by atoms with van der Waals surface area (Å²) in [6, 6.07) is 2.00. The third kappa shape index (κ3) is 1.71. The third-order valence-electron chi connectivity index (χ3n) is 1.41. The second-order valence-electron chi connectivity index (χ2n) is 2.22. The summed E-state index contributed by atoms with van der Waals surface area (Å²) in [4.78, 5) is 12.5. The molecule has 0 bridgehead atoms. The lowest BCUT2D eigenvalue weighted by atomic mass is 10.3. The fourth-order valence-corrected chi connectivity index (χ4v) is 0.926. The number of rotatable bonds is 1. The molecule has 1 aliphatic heterocycles. The van der Waals surface area contributed by atoms with Gasteiger partial charge >= 0.3 is 0 Å². The molecule has 1 aliphatic rings. The van der Waals surface area contributed by atoms with E-state index in [9.17, 15) is 4.79 Å². The van der Waals surface area contributed by atoms with Crippen LogP contribution in [0.4, 0.5) is 0 Å². The van der Waals surface area contributed by atoms with E-state index in [1.54, 1.807) is 0 Å². The van der Waals surface area contributed by atoms with E-state index in [2.05, 4.69) is 5.32 Å². The molecule has 0 aromatic heterocycles. The van der Waals surface area contributed by atoms with Gasteiger partial charge in [0.25, 0.3) is 0 Å². The lowest BCUT2D eigenvalue weighted by molar-refractivity contribution is -0.123. The average Bonchev–Trinajstić information content (AvgIpc) is 1.88. The molecule has 1 rings (SSSR count). The molecule has 1 heterocycles. The van der Waals surface area contributed by atoms with Crippen LogP contribution in [0.25, 0.3) is 0 Å². The number of nitrogens with zero attached hydrogens (tertiary/aromatic N) is 2. The lowest BCUT2D eigenvalue weighted by Gasteiger charge is -2.23. The van der Waals surface area contributed by atoms with Crippen molar-refractivity contribution >= 4 is 5.91 Å². The van der Waals surface area contributed by atoms with E-state index in [-0.39, 0.29) is 5.91 Å². The Labute approximate surface area is 59.4 Å². The number of hydrogen-bond acceptors (Lipinski definition) is 3. The van der Waals surface area contributed by atoms with Crippen LogP contribution in [-0.2, 0) is 4.79 Å². The van der Waals surface area contributed by atoms with Crippen LogP contribution in [0.15, 0.2) is 0 Å². The summed E-state index contributed by atoms with van der Waals surface area (Å²) in [6.45, 7) is 2.18. The van der Waals surface area contributed by atoms with Crippen molar-refractivity contribution in [2.45, 2.75) is 0 Å². The number of hydrogen-bond donors (Lipinski definition) is 1. The highest BCUT2D eigenvalue weighted by Gasteiger charge is 2.14. The van der Waals surface area contributed by atoms with Gasteiger partial charge in [0.2, 0.25) is 5.91 Å². The molecule has 1 amide bonds. The van der Waals surface area contributed by atoms with Gasteiger partial charge in [-0.15, -0.1) is 0 Å². The largest absolute Gasteiger partial charge is 0.354 e. The van der Waals surface area contributed by atoms with Gasteiger partial charge in [-0.3, -0.25) is 9.69 Å². The molecule has 0 radical (unpaired) electrons. The lowest BCUT2D eigenvalue weighted by Crippen LogP contribution is -2.47. The molecule has 10 heavy (non-hydrogen) atoms. The van der Waals surface area contributed by atoms with Gasteiger partial charge in [-0.1, -0.05) is 0 Å². The minimum Gasteiger partial charge on any atom is -0.354 e. The topological polar surface area (TPSA) is 56.1 Å². The molecule has 0 aromatic rings. The predicted octanol–water partition coefficient (Wildman–Crippen LogP) is -1.06. The normalized spacial score (nSPS) is 19.7. The number of piperazine rings is 1. The standard InChI is InChI=1S/C6H9N3O/c7-1-3-9-4-2-8-6(10)5-9/h2-5H2,(H,8,10). The molecule has 0 atom stereocenters. The predicted molar refractivity (Wildman–Crippen MR) is 35.1 cm³/mol. The zero-order valence-electron chi connectivity index (χ0n) is 5.63. The molecule has 1 saturated heterocycles. The Balaban J connectivity index is 2.34. The summed E-state index contributed by atoms with van der Waals surface area (Å²) in [5, 5.41) is 11.0. The highest BCUT2D eigenvalue weighted by Crippen LogP contribution is 1.90. The van der Waals surface area contributed by atoms with Crippen molar-refractivity contribution in [3.8, 4) is 6.07 Å². The first-order valence-electron chi connectivity index (χ1n) is 3.19. The van der Waals surface area contributed by atoms with E-state index < -0.39 is 0 Å². The summed E-state index contributed by atoms with van der Waals surface area (Å²) in [5.74, 6) is 0.0153. The summed E-state index contributed by atoms with van der Waals surface area (Å²) in [7, 11) is 0. The second-order valence-corrected chi connectivity index (χ2v) is 2.22. The number of carbonyl (C=O) groups is 1. The van der Waals surface area contributed by atoms with E-state index in [1.807, 2.05) is 11.0 Å². The number of carbonyl (C=O) groups excluding carboxylic acids is 1. The monoisotopic (exact) mass is 139 g/mol. The highest BCUT2D eigenvalue weighted by atomic mass is 16.2. The van der Waals surface area contributed by atoms with Gasteiger partial charge < -0.3 is 5.32 Å². The second kappa shape index (κ2) is 3.18. The molecule has 0 saturated carbocycles. The molecule has 4 heteroatoms. The molecule has 0 unspecified atom stereocenters. The zero-order valence-corrected chi connectivity index (χ0v) is 5.63. The maximum absolute atomic E-state index is 10.7. The van der Waals surface area contributed by atoms with E-state index in [0.717, 1.165) is 6.54 Å². The highest BCUT2D eigenvalue weighted by molar-refractivity contribution is 5.78. The van der Waals surface area contributed by atoms with Crippen molar-refractivity contribution in [3.63, 3.8) is 0 Å². The smallest absolute Gasteiger partial charge is 0.234 e. The Kier molecular flexibility index (Phi) is 2.24. The molecule has 4 nitrogen and oxygen atoms in total. The van der Waals surface area contributed by atoms with Crippen molar-refractivity contribution in [3.05, 3.63) is 0 Å². The van der Waals surface area contributed by atoms with Crippen LogP contribution in [0, 0.1) is 11.3 Å². The van der Waals surface area contributed by atoms with Gasteiger partial charge in [-0.25, -0.2) is 0 Å². The summed E-state index contributed by atoms with van der Waals surface area (Å²) in [6.07, 6.45) is 0. The Morgan fingerprint density at radius 1 is 1.80 bits per heavy atom. The van der Waals surface area contributed by atoms with Gasteiger partial charge in [0.05, 0.1) is 19.2 Å². The van der Waals surface area contributed by atoms with E-state index in [4.69, 9.17) is 5.26 Å². The molecule has 0 aliphatic carbocycles. The Bertz CT molecular complexity index is 172. The SMILES string of the molecule is N#CCN1CCNC(=O)C1. The number of nitrogens with one attached hydrogen (secondary N) is 1. The quantitative estimate of drug-likeness (QED) is 0.471. The molecular formula is C6H9N3O. The molecular weight excluding hydrogens is 130 g/mol. The first-order chi connectivity index (χ1) is 4.83. The van der Waals surface area contributed by atoms with Crippen molar-refractivity contribution in [1.82, 2.24) is 10.2 Å². The van der Waals surface area contributed by atoms with Crippen LogP contribution in [0.1, 0.15) is 0 Å². The van der Waals surface area contributed by atoms with Crippen molar-refractivity contribution in [2.24, 2.45) is 0 Å². The fraction of sp³-hybridized carbons (Fsp3) is 0.667. The first kappa shape index (κ1) is 7.03. The van der Waals surface area contributed by atoms with Crippen LogP contribution >= 0.6 is 0 Å². The van der Waals surface area contributed by atoms with Gasteiger partial charge in [0.1, 0.15) is 0 Å². The van der Waals surface area contributed by atoms with Gasteiger partial charge in [0.15, 0.2) is 0 Å². The maximum atomic E-state index is 10.7. The summed E-state index contributed by atoms with van der Waals surface area (Å²) >= 11 is 0. The zero-order chi connectivity index (χ0) is 7.40. The maximum Gasteiger partial charge on any atom is 0.234 e. The average molecular weight is 139 g/mol. The first-order valence-corrected chi connectivity index (χ1v) is 3.19. The van der Waals surface area contributed by atoms with Crippen molar-refractivity contribution in [2.75, 3.05) is 26.2 Å². The van der Waals surface area contributed by atoms with E-state index in [0.29, 0.717) is 19.6 Å². The van der Waals surface area contributed by atoms with Gasteiger partial charge in [-0.2, -0.15) is 5.26 Å². The Morgan fingerprint density at radius 2 is 2.60 bits per heavy atom. The van der Waals surface area contributed by atoms with Crippen molar-refractivity contribution < 1.29 is 4.79 Å². The van der Waals surface area contributed by atoms with Crippen LogP contribution < -0.4 is 5.32 Å². The summed E-state index contributed by atoms with van der Waals surface area (Å²) < 4.78 is 0. The molecule has 0 aromatic carbocycles. The van der Waals surface area contributed by atoms with Crippen LogP contribution in [0.2, 0.25) is 0 Å².